The molecule has 0 aromatic heterocycles. The first-order valence-electron chi connectivity index (χ1n) is 6.56. The van der Waals surface area contributed by atoms with Crippen LogP contribution in [0.25, 0.3) is 0 Å². The zero-order valence-electron chi connectivity index (χ0n) is 11.2. The molecule has 1 aromatic rings. The van der Waals surface area contributed by atoms with E-state index in [1.165, 1.54) is 4.31 Å². The third-order valence-electron chi connectivity index (χ3n) is 3.54. The molecule has 1 unspecified atom stereocenters. The normalized spacial score (nSPS) is 21.3. The summed E-state index contributed by atoms with van der Waals surface area (Å²) in [7, 11) is -3.47. The van der Waals surface area contributed by atoms with Crippen LogP contribution in [0.3, 0.4) is 0 Å². The summed E-state index contributed by atoms with van der Waals surface area (Å²) in [5.41, 5.74) is 7.20. The molecule has 0 amide bonds. The zero-order chi connectivity index (χ0) is 13.9. The van der Waals surface area contributed by atoms with Crippen molar-refractivity contribution in [3.63, 3.8) is 0 Å². The van der Waals surface area contributed by atoms with E-state index < -0.39 is 10.2 Å². The van der Waals surface area contributed by atoms with Gasteiger partial charge in [-0.05, 0) is 43.9 Å². The molecule has 0 saturated carbocycles. The number of hydrogen-bond donors (Lipinski definition) is 2. The second-order valence-corrected chi connectivity index (χ2v) is 6.69. The maximum Gasteiger partial charge on any atom is 0.301 e. The molecule has 0 bridgehead atoms. The van der Waals surface area contributed by atoms with Gasteiger partial charge in [0.1, 0.15) is 0 Å². The molecule has 1 aliphatic rings. The fourth-order valence-corrected chi connectivity index (χ4v) is 3.74. The first-order chi connectivity index (χ1) is 9.03. The van der Waals surface area contributed by atoms with Crippen LogP contribution in [0.5, 0.6) is 0 Å². The lowest BCUT2D eigenvalue weighted by atomic mass is 10.0. The van der Waals surface area contributed by atoms with E-state index in [1.807, 2.05) is 25.1 Å². The van der Waals surface area contributed by atoms with Crippen molar-refractivity contribution in [2.75, 3.05) is 24.4 Å². The molecule has 106 valence electrons. The number of nitrogens with one attached hydrogen (secondary N) is 1. The number of aryl methyl sites for hydroxylation is 1. The lowest BCUT2D eigenvalue weighted by molar-refractivity contribution is 0.273. The smallest absolute Gasteiger partial charge is 0.301 e. The van der Waals surface area contributed by atoms with Gasteiger partial charge in [-0.1, -0.05) is 18.2 Å². The van der Waals surface area contributed by atoms with Crippen molar-refractivity contribution >= 4 is 15.9 Å². The fraction of sp³-hybridized carbons (Fsp3) is 0.538. The number of piperidine rings is 1. The number of rotatable bonds is 4. The molecule has 1 aliphatic heterocycles. The summed E-state index contributed by atoms with van der Waals surface area (Å²) in [6.07, 6.45) is 1.88. The van der Waals surface area contributed by atoms with Gasteiger partial charge in [-0.3, -0.25) is 4.72 Å². The van der Waals surface area contributed by atoms with Gasteiger partial charge in [-0.2, -0.15) is 12.7 Å². The molecule has 19 heavy (non-hydrogen) atoms. The molecule has 1 heterocycles. The second-order valence-electron chi connectivity index (χ2n) is 5.02. The summed E-state index contributed by atoms with van der Waals surface area (Å²) in [5, 5.41) is 0. The maximum atomic E-state index is 12.3. The minimum atomic E-state index is -3.47. The Labute approximate surface area is 115 Å². The van der Waals surface area contributed by atoms with Crippen molar-refractivity contribution in [1.82, 2.24) is 4.31 Å². The van der Waals surface area contributed by atoms with E-state index in [4.69, 9.17) is 5.73 Å². The number of hydrogen-bond acceptors (Lipinski definition) is 3. The van der Waals surface area contributed by atoms with Gasteiger partial charge >= 0.3 is 10.2 Å². The molecule has 1 atom stereocenters. The highest BCUT2D eigenvalue weighted by Gasteiger charge is 2.28. The van der Waals surface area contributed by atoms with E-state index in [-0.39, 0.29) is 5.92 Å². The average molecular weight is 283 g/mol. The van der Waals surface area contributed by atoms with Crippen LogP contribution in [0.4, 0.5) is 5.69 Å². The molecule has 5 nitrogen and oxygen atoms in total. The van der Waals surface area contributed by atoms with E-state index in [9.17, 15) is 8.42 Å². The predicted octanol–water partition coefficient (Wildman–Crippen LogP) is 1.32. The van der Waals surface area contributed by atoms with Gasteiger partial charge in [0.15, 0.2) is 0 Å². The standard InChI is InChI=1S/C13H21N3O2S/c1-11-5-2-3-7-13(11)15-19(17,18)16-8-4-6-12(9-14)10-16/h2-3,5,7,12,15H,4,6,8-10,14H2,1H3. The Hall–Kier alpha value is -1.11. The first kappa shape index (κ1) is 14.3. The van der Waals surface area contributed by atoms with Crippen LogP contribution in [0.1, 0.15) is 18.4 Å². The quantitative estimate of drug-likeness (QED) is 0.875. The summed E-state index contributed by atoms with van der Waals surface area (Å²) >= 11 is 0. The predicted molar refractivity (Wildman–Crippen MR) is 77.1 cm³/mol. The lowest BCUT2D eigenvalue weighted by Crippen LogP contribution is -2.44. The molecule has 1 fully saturated rings. The van der Waals surface area contributed by atoms with Crippen molar-refractivity contribution in [2.45, 2.75) is 19.8 Å². The van der Waals surface area contributed by atoms with Crippen LogP contribution in [-0.4, -0.2) is 32.4 Å². The van der Waals surface area contributed by atoms with E-state index in [2.05, 4.69) is 4.72 Å². The van der Waals surface area contributed by atoms with Crippen LogP contribution >= 0.6 is 0 Å². The molecule has 0 spiro atoms. The Kier molecular flexibility index (Phi) is 4.44. The first-order valence-corrected chi connectivity index (χ1v) is 8.00. The fourth-order valence-electron chi connectivity index (χ4n) is 2.33. The molecule has 0 aliphatic carbocycles. The number of nitrogens with two attached hydrogens (primary N) is 1. The van der Waals surface area contributed by atoms with Gasteiger partial charge in [-0.25, -0.2) is 0 Å². The molecule has 6 heteroatoms. The summed E-state index contributed by atoms with van der Waals surface area (Å²) in [6.45, 7) is 3.50. The minimum absolute atomic E-state index is 0.266. The van der Waals surface area contributed by atoms with Crippen LogP contribution < -0.4 is 10.5 Å². The van der Waals surface area contributed by atoms with Gasteiger partial charge in [0, 0.05) is 13.1 Å². The summed E-state index contributed by atoms with van der Waals surface area (Å²) in [6, 6.07) is 7.37. The SMILES string of the molecule is Cc1ccccc1NS(=O)(=O)N1CCCC(CN)C1. The molecule has 1 aromatic carbocycles. The van der Waals surface area contributed by atoms with Crippen molar-refractivity contribution in [1.29, 1.82) is 0 Å². The highest BCUT2D eigenvalue weighted by molar-refractivity contribution is 7.90. The molecule has 1 saturated heterocycles. The van der Waals surface area contributed by atoms with Gasteiger partial charge < -0.3 is 5.73 Å². The van der Waals surface area contributed by atoms with Crippen LogP contribution in [0.2, 0.25) is 0 Å². The van der Waals surface area contributed by atoms with Crippen LogP contribution in [0.15, 0.2) is 24.3 Å². The van der Waals surface area contributed by atoms with E-state index in [0.717, 1.165) is 18.4 Å². The van der Waals surface area contributed by atoms with Crippen molar-refractivity contribution < 1.29 is 8.42 Å². The Balaban J connectivity index is 2.12. The van der Waals surface area contributed by atoms with E-state index in [1.54, 1.807) is 6.07 Å². The van der Waals surface area contributed by atoms with Crippen molar-refractivity contribution in [3.8, 4) is 0 Å². The number of para-hydroxylation sites is 1. The number of anilines is 1. The Morgan fingerprint density at radius 1 is 1.42 bits per heavy atom. The van der Waals surface area contributed by atoms with E-state index in [0.29, 0.717) is 25.3 Å². The Morgan fingerprint density at radius 3 is 2.84 bits per heavy atom. The number of benzene rings is 1. The molecule has 2 rings (SSSR count). The zero-order valence-corrected chi connectivity index (χ0v) is 12.0. The van der Waals surface area contributed by atoms with Gasteiger partial charge in [0.2, 0.25) is 0 Å². The third kappa shape index (κ3) is 3.46. The largest absolute Gasteiger partial charge is 0.330 e. The highest BCUT2D eigenvalue weighted by atomic mass is 32.2. The van der Waals surface area contributed by atoms with Gasteiger partial charge in [0.05, 0.1) is 5.69 Å². The topological polar surface area (TPSA) is 75.4 Å². The van der Waals surface area contributed by atoms with Crippen molar-refractivity contribution in [3.05, 3.63) is 29.8 Å². The molecule has 3 N–H and O–H groups in total. The van der Waals surface area contributed by atoms with E-state index >= 15 is 0 Å². The Morgan fingerprint density at radius 2 is 2.16 bits per heavy atom. The van der Waals surface area contributed by atoms with Gasteiger partial charge in [0.25, 0.3) is 0 Å². The monoisotopic (exact) mass is 283 g/mol. The lowest BCUT2D eigenvalue weighted by Gasteiger charge is -2.31. The highest BCUT2D eigenvalue weighted by Crippen LogP contribution is 2.21. The maximum absolute atomic E-state index is 12.3. The van der Waals surface area contributed by atoms with Crippen LogP contribution in [0, 0.1) is 12.8 Å². The summed E-state index contributed by atoms with van der Waals surface area (Å²) < 4.78 is 28.8. The molecule has 0 radical (unpaired) electrons. The summed E-state index contributed by atoms with van der Waals surface area (Å²) in [5.74, 6) is 0.266. The minimum Gasteiger partial charge on any atom is -0.330 e. The summed E-state index contributed by atoms with van der Waals surface area (Å²) in [4.78, 5) is 0. The molecular formula is C13H21N3O2S. The second kappa shape index (κ2) is 5.90. The Bertz CT molecular complexity index is 530. The van der Waals surface area contributed by atoms with Crippen molar-refractivity contribution in [2.24, 2.45) is 11.7 Å². The molecular weight excluding hydrogens is 262 g/mol. The van der Waals surface area contributed by atoms with Crippen LogP contribution in [-0.2, 0) is 10.2 Å². The van der Waals surface area contributed by atoms with Gasteiger partial charge in [-0.15, -0.1) is 0 Å². The third-order valence-corrected chi connectivity index (χ3v) is 5.03. The average Bonchev–Trinajstić information content (AvgIpc) is 2.41. The number of nitrogens with zero attached hydrogens (tertiary/aromatic N) is 1.